The molecule has 1 N–H and O–H groups in total. The van der Waals surface area contributed by atoms with E-state index in [0.717, 1.165) is 11.1 Å². The molecule has 0 amide bonds. The number of aliphatic hydroxyl groups is 1. The van der Waals surface area contributed by atoms with E-state index in [2.05, 4.69) is 0 Å². The molecule has 1 heterocycles. The lowest BCUT2D eigenvalue weighted by Gasteiger charge is -2.29. The van der Waals surface area contributed by atoms with Gasteiger partial charge in [0, 0.05) is 0 Å². The van der Waals surface area contributed by atoms with E-state index in [-0.39, 0.29) is 5.78 Å². The highest BCUT2D eigenvalue weighted by molar-refractivity contribution is 5.95. The third-order valence-electron chi connectivity index (χ3n) is 2.55. The number of carbonyl (C=O) groups excluding carboxylic acids is 1. The summed E-state index contributed by atoms with van der Waals surface area (Å²) in [4.78, 5) is 11.6. The molecule has 0 aromatic heterocycles. The molecule has 0 aliphatic carbocycles. The fraction of sp³-hybridized carbons (Fsp3) is 0.308. The van der Waals surface area contributed by atoms with Crippen molar-refractivity contribution in [2.75, 3.05) is 0 Å². The van der Waals surface area contributed by atoms with Crippen LogP contribution in [-0.2, 0) is 9.53 Å². The molecule has 3 nitrogen and oxygen atoms in total. The fourth-order valence-electron chi connectivity index (χ4n) is 1.63. The number of ketones is 1. The number of rotatable bonds is 1. The molecule has 0 spiro atoms. The topological polar surface area (TPSA) is 46.5 Å². The highest BCUT2D eigenvalue weighted by Gasteiger charge is 2.32. The first kappa shape index (κ1) is 11.0. The normalized spacial score (nSPS) is 29.4. The monoisotopic (exact) mass is 218 g/mol. The molecule has 0 radical (unpaired) electrons. The molecular formula is C13H14O3. The Labute approximate surface area is 94.4 Å². The molecular weight excluding hydrogens is 204 g/mol. The van der Waals surface area contributed by atoms with Crippen molar-refractivity contribution in [3.63, 3.8) is 0 Å². The average molecular weight is 218 g/mol. The van der Waals surface area contributed by atoms with Crippen LogP contribution in [0.5, 0.6) is 0 Å². The number of carbonyl (C=O) groups is 1. The maximum atomic E-state index is 11.6. The van der Waals surface area contributed by atoms with Gasteiger partial charge in [-0.05, 0) is 31.6 Å². The molecule has 1 aliphatic rings. The van der Waals surface area contributed by atoms with Crippen LogP contribution in [0, 0.1) is 6.92 Å². The van der Waals surface area contributed by atoms with Gasteiger partial charge < -0.3 is 9.84 Å². The maximum absolute atomic E-state index is 11.6. The summed E-state index contributed by atoms with van der Waals surface area (Å²) in [6, 6.07) is 7.51. The molecule has 0 bridgehead atoms. The molecule has 0 fully saturated rings. The highest BCUT2D eigenvalue weighted by Crippen LogP contribution is 2.29. The van der Waals surface area contributed by atoms with Crippen molar-refractivity contribution in [3.05, 3.63) is 47.5 Å². The zero-order valence-electron chi connectivity index (χ0n) is 9.31. The van der Waals surface area contributed by atoms with E-state index >= 15 is 0 Å². The predicted octanol–water partition coefficient (Wildman–Crippen LogP) is 1.90. The van der Waals surface area contributed by atoms with E-state index in [4.69, 9.17) is 4.74 Å². The Kier molecular flexibility index (Phi) is 2.66. The van der Waals surface area contributed by atoms with E-state index in [1.165, 1.54) is 19.1 Å². The van der Waals surface area contributed by atoms with E-state index in [9.17, 15) is 9.90 Å². The van der Waals surface area contributed by atoms with Crippen molar-refractivity contribution in [2.45, 2.75) is 25.7 Å². The Hall–Kier alpha value is -1.45. The molecule has 0 saturated heterocycles. The van der Waals surface area contributed by atoms with Gasteiger partial charge in [-0.2, -0.15) is 0 Å². The van der Waals surface area contributed by atoms with Gasteiger partial charge >= 0.3 is 0 Å². The van der Waals surface area contributed by atoms with Gasteiger partial charge in [-0.1, -0.05) is 29.8 Å². The lowest BCUT2D eigenvalue weighted by molar-refractivity contribution is -0.194. The summed E-state index contributed by atoms with van der Waals surface area (Å²) >= 11 is 0. The van der Waals surface area contributed by atoms with Gasteiger partial charge in [0.25, 0.3) is 0 Å². The first-order valence-corrected chi connectivity index (χ1v) is 5.18. The van der Waals surface area contributed by atoms with Gasteiger partial charge in [-0.3, -0.25) is 4.79 Å². The van der Waals surface area contributed by atoms with Crippen LogP contribution >= 0.6 is 0 Å². The van der Waals surface area contributed by atoms with Crippen LogP contribution in [0.4, 0.5) is 0 Å². The SMILES string of the molecule is Cc1ccc(C2OC(C)(O)C=CC2=O)cc1. The fourth-order valence-corrected chi connectivity index (χ4v) is 1.63. The van der Waals surface area contributed by atoms with Gasteiger partial charge in [0.1, 0.15) is 6.10 Å². The van der Waals surface area contributed by atoms with Crippen LogP contribution in [0.1, 0.15) is 24.2 Å². The minimum Gasteiger partial charge on any atom is -0.362 e. The lowest BCUT2D eigenvalue weighted by atomic mass is 10.0. The van der Waals surface area contributed by atoms with Crippen molar-refractivity contribution in [1.29, 1.82) is 0 Å². The summed E-state index contributed by atoms with van der Waals surface area (Å²) in [7, 11) is 0. The van der Waals surface area contributed by atoms with Gasteiger partial charge in [-0.15, -0.1) is 0 Å². The zero-order chi connectivity index (χ0) is 11.8. The predicted molar refractivity (Wildman–Crippen MR) is 59.8 cm³/mol. The van der Waals surface area contributed by atoms with Crippen molar-refractivity contribution < 1.29 is 14.6 Å². The van der Waals surface area contributed by atoms with Crippen LogP contribution in [0.15, 0.2) is 36.4 Å². The van der Waals surface area contributed by atoms with E-state index in [1.807, 2.05) is 31.2 Å². The zero-order valence-corrected chi connectivity index (χ0v) is 9.31. The molecule has 2 atom stereocenters. The van der Waals surface area contributed by atoms with Crippen LogP contribution in [-0.4, -0.2) is 16.7 Å². The van der Waals surface area contributed by atoms with Crippen LogP contribution in [0.3, 0.4) is 0 Å². The molecule has 1 aromatic rings. The van der Waals surface area contributed by atoms with Gasteiger partial charge in [0.05, 0.1) is 0 Å². The van der Waals surface area contributed by atoms with Crippen LogP contribution < -0.4 is 0 Å². The number of aryl methyl sites for hydroxylation is 1. The van der Waals surface area contributed by atoms with Crippen LogP contribution in [0.2, 0.25) is 0 Å². The molecule has 3 heteroatoms. The third kappa shape index (κ3) is 2.21. The largest absolute Gasteiger partial charge is 0.362 e. The molecule has 2 rings (SSSR count). The Balaban J connectivity index is 2.31. The Morgan fingerprint density at radius 3 is 2.56 bits per heavy atom. The second-order valence-electron chi connectivity index (χ2n) is 4.20. The minimum atomic E-state index is -1.37. The molecule has 1 aliphatic heterocycles. The maximum Gasteiger partial charge on any atom is 0.188 e. The first-order valence-electron chi connectivity index (χ1n) is 5.18. The quantitative estimate of drug-likeness (QED) is 0.783. The smallest absolute Gasteiger partial charge is 0.188 e. The van der Waals surface area contributed by atoms with Gasteiger partial charge in [0.15, 0.2) is 11.6 Å². The second-order valence-corrected chi connectivity index (χ2v) is 4.20. The average Bonchev–Trinajstić information content (AvgIpc) is 2.23. The minimum absolute atomic E-state index is 0.143. The molecule has 84 valence electrons. The van der Waals surface area contributed by atoms with E-state index in [1.54, 1.807) is 0 Å². The summed E-state index contributed by atoms with van der Waals surface area (Å²) in [5.41, 5.74) is 1.88. The Morgan fingerprint density at radius 2 is 1.94 bits per heavy atom. The number of hydrogen-bond donors (Lipinski definition) is 1. The highest BCUT2D eigenvalue weighted by atomic mass is 16.6. The Morgan fingerprint density at radius 1 is 1.31 bits per heavy atom. The number of benzene rings is 1. The molecule has 0 saturated carbocycles. The number of hydrogen-bond acceptors (Lipinski definition) is 3. The van der Waals surface area contributed by atoms with Crippen LogP contribution in [0.25, 0.3) is 0 Å². The number of ether oxygens (including phenoxy) is 1. The van der Waals surface area contributed by atoms with E-state index in [0.29, 0.717) is 0 Å². The second kappa shape index (κ2) is 3.85. The Bertz CT molecular complexity index is 429. The summed E-state index contributed by atoms with van der Waals surface area (Å²) in [5.74, 6) is -1.51. The summed E-state index contributed by atoms with van der Waals surface area (Å²) in [6.45, 7) is 3.49. The molecule has 1 aromatic carbocycles. The van der Waals surface area contributed by atoms with E-state index < -0.39 is 11.9 Å². The first-order chi connectivity index (χ1) is 7.48. The van der Waals surface area contributed by atoms with Gasteiger partial charge in [-0.25, -0.2) is 0 Å². The lowest BCUT2D eigenvalue weighted by Crippen LogP contribution is -2.34. The molecule has 16 heavy (non-hydrogen) atoms. The summed E-state index contributed by atoms with van der Waals surface area (Å²) in [5, 5.41) is 9.72. The summed E-state index contributed by atoms with van der Waals surface area (Å²) in [6.07, 6.45) is 2.02. The molecule has 2 unspecified atom stereocenters. The standard InChI is InChI=1S/C13H14O3/c1-9-3-5-10(6-4-9)12-11(14)7-8-13(2,15)16-12/h3-8,12,15H,1-2H3. The van der Waals surface area contributed by atoms with Crippen molar-refractivity contribution in [1.82, 2.24) is 0 Å². The van der Waals surface area contributed by atoms with Gasteiger partial charge in [0.2, 0.25) is 0 Å². The van der Waals surface area contributed by atoms with Crippen molar-refractivity contribution in [3.8, 4) is 0 Å². The summed E-state index contributed by atoms with van der Waals surface area (Å²) < 4.78 is 5.33. The van der Waals surface area contributed by atoms with Crippen molar-refractivity contribution >= 4 is 5.78 Å². The van der Waals surface area contributed by atoms with Crippen molar-refractivity contribution in [2.24, 2.45) is 0 Å². The third-order valence-corrected chi connectivity index (χ3v) is 2.55.